The first kappa shape index (κ1) is 13.8. The van der Waals surface area contributed by atoms with Gasteiger partial charge in [-0.25, -0.2) is 4.39 Å². The molecule has 6 heteroatoms. The third-order valence-electron chi connectivity index (χ3n) is 3.07. The first-order chi connectivity index (χ1) is 10.1. The number of aromatic nitrogens is 2. The van der Waals surface area contributed by atoms with Crippen LogP contribution in [0.3, 0.4) is 0 Å². The molecule has 0 fully saturated rings. The Morgan fingerprint density at radius 1 is 1.19 bits per heavy atom. The van der Waals surface area contributed by atoms with Crippen molar-refractivity contribution in [1.29, 1.82) is 0 Å². The lowest BCUT2D eigenvalue weighted by Gasteiger charge is -2.01. The molecule has 0 aliphatic heterocycles. The van der Waals surface area contributed by atoms with E-state index >= 15 is 0 Å². The molecule has 106 valence electrons. The fraction of sp³-hybridized carbons (Fsp3) is 0.0667. The summed E-state index contributed by atoms with van der Waals surface area (Å²) in [6.45, 7) is 1.99. The smallest absolute Gasteiger partial charge is 0.260 e. The maximum atomic E-state index is 13.5. The van der Waals surface area contributed by atoms with Gasteiger partial charge < -0.3 is 10.3 Å². The van der Waals surface area contributed by atoms with Gasteiger partial charge in [0.1, 0.15) is 5.82 Å². The van der Waals surface area contributed by atoms with E-state index in [4.69, 9.17) is 10.3 Å². The topological polar surface area (TPSA) is 64.9 Å². The Hall–Kier alpha value is -2.21. The molecule has 21 heavy (non-hydrogen) atoms. The van der Waals surface area contributed by atoms with Crippen LogP contribution in [0.4, 0.5) is 10.1 Å². The van der Waals surface area contributed by atoms with Crippen molar-refractivity contribution in [3.8, 4) is 22.8 Å². The summed E-state index contributed by atoms with van der Waals surface area (Å²) in [5, 5.41) is 3.93. The zero-order valence-corrected chi connectivity index (χ0v) is 12.7. The predicted octanol–water partition coefficient (Wildman–Crippen LogP) is 4.20. The lowest BCUT2D eigenvalue weighted by molar-refractivity contribution is 0.432. The second-order valence-electron chi connectivity index (χ2n) is 4.61. The van der Waals surface area contributed by atoms with Gasteiger partial charge in [-0.2, -0.15) is 4.98 Å². The number of nitrogens with two attached hydrogens (primary N) is 1. The number of benzene rings is 2. The quantitative estimate of drug-likeness (QED) is 0.705. The second-order valence-corrected chi connectivity index (χ2v) is 5.46. The summed E-state index contributed by atoms with van der Waals surface area (Å²) in [5.74, 6) is 0.0961. The van der Waals surface area contributed by atoms with Gasteiger partial charge in [0.15, 0.2) is 0 Å². The van der Waals surface area contributed by atoms with Crippen molar-refractivity contribution in [3.63, 3.8) is 0 Å². The number of hydrogen-bond acceptors (Lipinski definition) is 4. The molecule has 0 spiro atoms. The average Bonchev–Trinajstić information content (AvgIpc) is 2.91. The molecule has 0 aliphatic rings. The molecule has 1 heterocycles. The Morgan fingerprint density at radius 2 is 2.00 bits per heavy atom. The van der Waals surface area contributed by atoms with Crippen molar-refractivity contribution < 1.29 is 8.91 Å². The van der Waals surface area contributed by atoms with Crippen LogP contribution in [0.25, 0.3) is 22.8 Å². The van der Waals surface area contributed by atoms with Gasteiger partial charge in [-0.1, -0.05) is 33.2 Å². The summed E-state index contributed by atoms with van der Waals surface area (Å²) in [7, 11) is 0. The number of halogens is 2. The molecule has 3 aromatic rings. The van der Waals surface area contributed by atoms with Crippen LogP contribution in [0, 0.1) is 12.7 Å². The van der Waals surface area contributed by atoms with E-state index in [1.807, 2.05) is 25.1 Å². The van der Waals surface area contributed by atoms with Gasteiger partial charge >= 0.3 is 0 Å². The van der Waals surface area contributed by atoms with Crippen LogP contribution >= 0.6 is 15.9 Å². The van der Waals surface area contributed by atoms with E-state index in [0.29, 0.717) is 11.4 Å². The van der Waals surface area contributed by atoms with E-state index < -0.39 is 5.82 Å². The number of aryl methyl sites for hydroxylation is 1. The number of nitrogen functional groups attached to an aromatic ring is 1. The first-order valence-corrected chi connectivity index (χ1v) is 7.00. The van der Waals surface area contributed by atoms with Crippen LogP contribution in [-0.4, -0.2) is 10.1 Å². The summed E-state index contributed by atoms with van der Waals surface area (Å²) >= 11 is 3.47. The molecule has 4 nitrogen and oxygen atoms in total. The lowest BCUT2D eigenvalue weighted by Crippen LogP contribution is -1.94. The van der Waals surface area contributed by atoms with Crippen molar-refractivity contribution in [2.75, 3.05) is 5.73 Å². The molecule has 0 aliphatic carbocycles. The molecule has 0 bridgehead atoms. The highest BCUT2D eigenvalue weighted by Crippen LogP contribution is 2.31. The van der Waals surface area contributed by atoms with Crippen molar-refractivity contribution in [1.82, 2.24) is 10.1 Å². The van der Waals surface area contributed by atoms with E-state index in [9.17, 15) is 4.39 Å². The van der Waals surface area contributed by atoms with Gasteiger partial charge in [0, 0.05) is 10.0 Å². The number of hydrogen-bond donors (Lipinski definition) is 1. The van der Waals surface area contributed by atoms with E-state index in [-0.39, 0.29) is 11.6 Å². The fourth-order valence-corrected chi connectivity index (χ4v) is 2.64. The Kier molecular flexibility index (Phi) is 3.47. The number of para-hydroxylation sites is 1. The molecule has 0 radical (unpaired) electrons. The van der Waals surface area contributed by atoms with Crippen molar-refractivity contribution in [2.24, 2.45) is 0 Å². The first-order valence-electron chi connectivity index (χ1n) is 6.21. The largest absolute Gasteiger partial charge is 0.396 e. The minimum absolute atomic E-state index is 0.00401. The summed E-state index contributed by atoms with van der Waals surface area (Å²) < 4.78 is 19.5. The van der Waals surface area contributed by atoms with Gasteiger partial charge in [0.25, 0.3) is 5.89 Å². The molecule has 0 atom stereocenters. The third-order valence-corrected chi connectivity index (χ3v) is 3.73. The monoisotopic (exact) mass is 347 g/mol. The van der Waals surface area contributed by atoms with Crippen molar-refractivity contribution >= 4 is 21.6 Å². The van der Waals surface area contributed by atoms with Gasteiger partial charge in [0.2, 0.25) is 5.82 Å². The standard InChI is InChI=1S/C15H11BrFN3O/c1-8-5-6-9(11(16)7-8)14-19-15(21-20-14)10-3-2-4-12(17)13(10)18/h2-7H,18H2,1H3. The number of nitrogens with zero attached hydrogens (tertiary/aromatic N) is 2. The minimum Gasteiger partial charge on any atom is -0.396 e. The Morgan fingerprint density at radius 3 is 2.76 bits per heavy atom. The van der Waals surface area contributed by atoms with E-state index in [1.165, 1.54) is 6.07 Å². The van der Waals surface area contributed by atoms with Crippen LogP contribution in [0.15, 0.2) is 45.4 Å². The van der Waals surface area contributed by atoms with E-state index in [1.54, 1.807) is 12.1 Å². The van der Waals surface area contributed by atoms with Crippen LogP contribution < -0.4 is 5.73 Å². The van der Waals surface area contributed by atoms with Gasteiger partial charge in [-0.05, 0) is 36.8 Å². The molecule has 3 rings (SSSR count). The minimum atomic E-state index is -0.510. The molecular weight excluding hydrogens is 337 g/mol. The lowest BCUT2D eigenvalue weighted by atomic mass is 10.1. The molecule has 0 amide bonds. The molecule has 2 N–H and O–H groups in total. The third kappa shape index (κ3) is 2.54. The average molecular weight is 348 g/mol. The zero-order valence-electron chi connectivity index (χ0n) is 11.1. The molecule has 0 unspecified atom stereocenters. The molecule has 1 aromatic heterocycles. The summed E-state index contributed by atoms with van der Waals surface area (Å²) in [6, 6.07) is 10.3. The number of anilines is 1. The van der Waals surface area contributed by atoms with E-state index in [2.05, 4.69) is 26.1 Å². The van der Waals surface area contributed by atoms with Gasteiger partial charge in [-0.3, -0.25) is 0 Å². The molecule has 0 saturated heterocycles. The van der Waals surface area contributed by atoms with Gasteiger partial charge in [-0.15, -0.1) is 0 Å². The second kappa shape index (κ2) is 5.29. The summed E-state index contributed by atoms with van der Waals surface area (Å²) in [4.78, 5) is 4.29. The number of rotatable bonds is 2. The maximum absolute atomic E-state index is 13.5. The van der Waals surface area contributed by atoms with Crippen LogP contribution in [-0.2, 0) is 0 Å². The summed E-state index contributed by atoms with van der Waals surface area (Å²) in [5.41, 5.74) is 7.99. The Balaban J connectivity index is 2.06. The molecule has 2 aromatic carbocycles. The molecule has 0 saturated carbocycles. The van der Waals surface area contributed by atoms with Crippen molar-refractivity contribution in [2.45, 2.75) is 6.92 Å². The normalized spacial score (nSPS) is 10.8. The van der Waals surface area contributed by atoms with Crippen LogP contribution in [0.5, 0.6) is 0 Å². The highest BCUT2D eigenvalue weighted by Gasteiger charge is 2.16. The summed E-state index contributed by atoms with van der Waals surface area (Å²) in [6.07, 6.45) is 0. The van der Waals surface area contributed by atoms with Gasteiger partial charge in [0.05, 0.1) is 11.3 Å². The zero-order chi connectivity index (χ0) is 15.0. The van der Waals surface area contributed by atoms with Crippen LogP contribution in [0.1, 0.15) is 5.56 Å². The Labute approximate surface area is 128 Å². The van der Waals surface area contributed by atoms with Crippen molar-refractivity contribution in [3.05, 3.63) is 52.3 Å². The van der Waals surface area contributed by atoms with Crippen LogP contribution in [0.2, 0.25) is 0 Å². The SMILES string of the molecule is Cc1ccc(-c2noc(-c3cccc(F)c3N)n2)c(Br)c1. The fourth-order valence-electron chi connectivity index (χ4n) is 1.97. The highest BCUT2D eigenvalue weighted by atomic mass is 79.9. The molecular formula is C15H11BrFN3O. The maximum Gasteiger partial charge on any atom is 0.260 e. The highest BCUT2D eigenvalue weighted by molar-refractivity contribution is 9.10. The Bertz CT molecular complexity index is 816. The van der Waals surface area contributed by atoms with E-state index in [0.717, 1.165) is 15.6 Å². The predicted molar refractivity (Wildman–Crippen MR) is 82.0 cm³/mol.